The Hall–Kier alpha value is -3.32. The van der Waals surface area contributed by atoms with Gasteiger partial charge < -0.3 is 15.0 Å². The molecule has 0 spiro atoms. The third kappa shape index (κ3) is 4.63. The Morgan fingerprint density at radius 1 is 1.17 bits per heavy atom. The van der Waals surface area contributed by atoms with Gasteiger partial charge in [0.1, 0.15) is 17.7 Å². The smallest absolute Gasteiger partial charge is 0.254 e. The molecule has 0 bridgehead atoms. The van der Waals surface area contributed by atoms with Crippen LogP contribution in [0.15, 0.2) is 60.9 Å². The van der Waals surface area contributed by atoms with Crippen LogP contribution in [0.1, 0.15) is 33.3 Å². The molecule has 1 aliphatic rings. The van der Waals surface area contributed by atoms with Crippen molar-refractivity contribution in [1.82, 2.24) is 14.9 Å². The average molecular weight is 406 g/mol. The molecule has 1 saturated heterocycles. The summed E-state index contributed by atoms with van der Waals surface area (Å²) in [6, 6.07) is 13.9. The number of nitrogens with zero attached hydrogens (tertiary/aromatic N) is 3. The maximum absolute atomic E-state index is 13.1. The Morgan fingerprint density at radius 3 is 2.70 bits per heavy atom. The van der Waals surface area contributed by atoms with Gasteiger partial charge >= 0.3 is 0 Å². The minimum absolute atomic E-state index is 0.0462. The van der Waals surface area contributed by atoms with Gasteiger partial charge in [0.05, 0.1) is 18.8 Å². The molecule has 0 saturated carbocycles. The maximum Gasteiger partial charge on any atom is 0.254 e. The number of amides is 1. The summed E-state index contributed by atoms with van der Waals surface area (Å²) in [5, 5.41) is 2.95. The van der Waals surface area contributed by atoms with Gasteiger partial charge in [-0.25, -0.2) is 9.37 Å². The van der Waals surface area contributed by atoms with Gasteiger partial charge in [0.2, 0.25) is 0 Å². The normalized spacial score (nSPS) is 16.3. The van der Waals surface area contributed by atoms with E-state index >= 15 is 0 Å². The van der Waals surface area contributed by atoms with Crippen LogP contribution < -0.4 is 5.32 Å². The van der Waals surface area contributed by atoms with Gasteiger partial charge in [-0.05, 0) is 47.9 Å². The summed E-state index contributed by atoms with van der Waals surface area (Å²) >= 11 is 0. The maximum atomic E-state index is 13.1. The summed E-state index contributed by atoms with van der Waals surface area (Å²) in [5.74, 6) is 0.369. The number of hydrogen-bond donors (Lipinski definition) is 1. The monoisotopic (exact) mass is 406 g/mol. The molecule has 1 unspecified atom stereocenters. The Bertz CT molecular complexity index is 1010. The number of halogens is 1. The summed E-state index contributed by atoms with van der Waals surface area (Å²) in [6.45, 7) is 1.44. The highest BCUT2D eigenvalue weighted by Crippen LogP contribution is 2.23. The van der Waals surface area contributed by atoms with Gasteiger partial charge in [0, 0.05) is 31.5 Å². The van der Waals surface area contributed by atoms with Crippen LogP contribution in [-0.4, -0.2) is 47.5 Å². The van der Waals surface area contributed by atoms with E-state index in [2.05, 4.69) is 15.3 Å². The lowest BCUT2D eigenvalue weighted by molar-refractivity contribution is -0.0247. The predicted molar refractivity (Wildman–Crippen MR) is 112 cm³/mol. The lowest BCUT2D eigenvalue weighted by atomic mass is 10.1. The Morgan fingerprint density at radius 2 is 1.97 bits per heavy atom. The van der Waals surface area contributed by atoms with E-state index in [9.17, 15) is 9.18 Å². The third-order valence-electron chi connectivity index (χ3n) is 5.12. The van der Waals surface area contributed by atoms with Crippen molar-refractivity contribution < 1.29 is 13.9 Å². The van der Waals surface area contributed by atoms with E-state index in [-0.39, 0.29) is 17.8 Å². The predicted octanol–water partition coefficient (Wildman–Crippen LogP) is 3.46. The first kappa shape index (κ1) is 20.0. The number of carbonyl (C=O) groups excluding carboxylic acids is 1. The van der Waals surface area contributed by atoms with Gasteiger partial charge in [-0.15, -0.1) is 0 Å². The number of hydrogen-bond acceptors (Lipinski definition) is 5. The molecular formula is C23H23FN4O2. The van der Waals surface area contributed by atoms with Crippen molar-refractivity contribution in [2.45, 2.75) is 12.5 Å². The molecule has 1 aliphatic heterocycles. The molecule has 1 amide bonds. The molecule has 2 aromatic heterocycles. The number of morpholine rings is 1. The van der Waals surface area contributed by atoms with Gasteiger partial charge in [0.25, 0.3) is 5.91 Å². The number of anilines is 1. The van der Waals surface area contributed by atoms with Crippen molar-refractivity contribution in [2.24, 2.45) is 0 Å². The molecule has 30 heavy (non-hydrogen) atoms. The van der Waals surface area contributed by atoms with Crippen LogP contribution in [0.25, 0.3) is 0 Å². The van der Waals surface area contributed by atoms with Crippen LogP contribution in [-0.2, 0) is 11.2 Å². The average Bonchev–Trinajstić information content (AvgIpc) is 2.81. The van der Waals surface area contributed by atoms with E-state index in [1.54, 1.807) is 42.4 Å². The Kier molecular flexibility index (Phi) is 5.99. The van der Waals surface area contributed by atoms with Crippen LogP contribution in [0, 0.1) is 5.82 Å². The van der Waals surface area contributed by atoms with Gasteiger partial charge in [-0.2, -0.15) is 0 Å². The fourth-order valence-electron chi connectivity index (χ4n) is 3.46. The molecule has 3 aromatic rings. The van der Waals surface area contributed by atoms with E-state index in [1.165, 1.54) is 12.1 Å². The fourth-order valence-corrected chi connectivity index (χ4v) is 3.46. The second-order valence-corrected chi connectivity index (χ2v) is 7.18. The largest absolute Gasteiger partial charge is 0.373 e. The Balaban J connectivity index is 1.42. The molecule has 0 aliphatic carbocycles. The minimum Gasteiger partial charge on any atom is -0.373 e. The number of benzene rings is 1. The molecule has 1 fully saturated rings. The molecule has 4 rings (SSSR count). The van der Waals surface area contributed by atoms with E-state index in [4.69, 9.17) is 4.74 Å². The SMILES string of the molecule is CNc1cc(C(=O)N2CCOC(c3ccc(Cc4ccc(F)cc4)cn3)C2)ccn1. The number of rotatable bonds is 5. The van der Waals surface area contributed by atoms with Gasteiger partial charge in [-0.3, -0.25) is 9.78 Å². The van der Waals surface area contributed by atoms with Gasteiger partial charge in [0.15, 0.2) is 0 Å². The zero-order valence-corrected chi connectivity index (χ0v) is 16.7. The highest BCUT2D eigenvalue weighted by molar-refractivity contribution is 5.94. The quantitative estimate of drug-likeness (QED) is 0.703. The molecule has 1 N–H and O–H groups in total. The summed E-state index contributed by atoms with van der Waals surface area (Å²) < 4.78 is 18.9. The summed E-state index contributed by atoms with van der Waals surface area (Å²) in [4.78, 5) is 23.4. The molecule has 3 heterocycles. The highest BCUT2D eigenvalue weighted by atomic mass is 19.1. The van der Waals surface area contributed by atoms with Gasteiger partial charge in [-0.1, -0.05) is 18.2 Å². The first-order chi connectivity index (χ1) is 14.6. The van der Waals surface area contributed by atoms with Crippen LogP contribution in [0.3, 0.4) is 0 Å². The van der Waals surface area contributed by atoms with Crippen LogP contribution in [0.5, 0.6) is 0 Å². The summed E-state index contributed by atoms with van der Waals surface area (Å²) in [5.41, 5.74) is 3.44. The topological polar surface area (TPSA) is 67.4 Å². The first-order valence-electron chi connectivity index (χ1n) is 9.86. The zero-order valence-electron chi connectivity index (χ0n) is 16.7. The van der Waals surface area contributed by atoms with E-state index in [0.717, 1.165) is 16.8 Å². The summed E-state index contributed by atoms with van der Waals surface area (Å²) in [6.07, 6.45) is 3.84. The van der Waals surface area contributed by atoms with Crippen molar-refractivity contribution in [3.05, 3.63) is 89.1 Å². The number of nitrogens with one attached hydrogen (secondary N) is 1. The summed E-state index contributed by atoms with van der Waals surface area (Å²) in [7, 11) is 1.77. The number of carbonyl (C=O) groups is 1. The zero-order chi connectivity index (χ0) is 20.9. The van der Waals surface area contributed by atoms with Crippen LogP contribution in [0.4, 0.5) is 10.2 Å². The van der Waals surface area contributed by atoms with Crippen molar-refractivity contribution in [1.29, 1.82) is 0 Å². The lowest BCUT2D eigenvalue weighted by Crippen LogP contribution is -2.42. The standard InChI is InChI=1S/C23H23FN4O2/c1-25-22-13-18(8-9-26-22)23(29)28-10-11-30-21(15-28)20-7-4-17(14-27-20)12-16-2-5-19(24)6-3-16/h2-9,13-14,21H,10-12,15H2,1H3,(H,25,26). The van der Waals surface area contributed by atoms with E-state index in [0.29, 0.717) is 37.5 Å². The molecule has 6 nitrogen and oxygen atoms in total. The van der Waals surface area contributed by atoms with Crippen LogP contribution in [0.2, 0.25) is 0 Å². The molecular weight excluding hydrogens is 383 g/mol. The van der Waals surface area contributed by atoms with E-state index in [1.807, 2.05) is 18.3 Å². The van der Waals surface area contributed by atoms with Crippen molar-refractivity contribution in [2.75, 3.05) is 32.1 Å². The third-order valence-corrected chi connectivity index (χ3v) is 5.12. The van der Waals surface area contributed by atoms with Crippen molar-refractivity contribution in [3.8, 4) is 0 Å². The second kappa shape index (κ2) is 9.00. The Labute approximate surface area is 174 Å². The minimum atomic E-state index is -0.270. The van der Waals surface area contributed by atoms with E-state index < -0.39 is 0 Å². The molecule has 1 atom stereocenters. The molecule has 1 aromatic carbocycles. The number of ether oxygens (including phenoxy) is 1. The first-order valence-corrected chi connectivity index (χ1v) is 9.86. The highest BCUT2D eigenvalue weighted by Gasteiger charge is 2.27. The fraction of sp³-hybridized carbons (Fsp3) is 0.261. The van der Waals surface area contributed by atoms with Crippen molar-refractivity contribution >= 4 is 11.7 Å². The number of pyridine rings is 2. The van der Waals surface area contributed by atoms with Crippen molar-refractivity contribution in [3.63, 3.8) is 0 Å². The second-order valence-electron chi connectivity index (χ2n) is 7.18. The molecule has 154 valence electrons. The number of aromatic nitrogens is 2. The molecule has 7 heteroatoms. The lowest BCUT2D eigenvalue weighted by Gasteiger charge is -2.32. The van der Waals surface area contributed by atoms with Crippen LogP contribution >= 0.6 is 0 Å². The molecule has 0 radical (unpaired) electrons.